The van der Waals surface area contributed by atoms with Crippen LogP contribution in [-0.4, -0.2) is 34.3 Å². The van der Waals surface area contributed by atoms with Gasteiger partial charge < -0.3 is 10.6 Å². The van der Waals surface area contributed by atoms with Crippen LogP contribution in [0.4, 0.5) is 0 Å². The van der Waals surface area contributed by atoms with Gasteiger partial charge in [0.25, 0.3) is 5.91 Å². The standard InChI is InChI=1S/C11H12ClN3O2/c12-8-6-14-4-3-7(8)11(17)15-5-1-2-9(15)10(13)16/h3-4,6,9H,1-2,5H2,(H2,13,16). The Bertz CT molecular complexity index is 464. The van der Waals surface area contributed by atoms with Crippen LogP contribution in [0, 0.1) is 0 Å². The average molecular weight is 254 g/mol. The van der Waals surface area contributed by atoms with E-state index < -0.39 is 11.9 Å². The monoisotopic (exact) mass is 253 g/mol. The maximum absolute atomic E-state index is 12.2. The Morgan fingerprint density at radius 2 is 2.29 bits per heavy atom. The molecule has 1 saturated heterocycles. The van der Waals surface area contributed by atoms with Crippen LogP contribution in [-0.2, 0) is 4.79 Å². The zero-order valence-electron chi connectivity index (χ0n) is 9.10. The summed E-state index contributed by atoms with van der Waals surface area (Å²) in [4.78, 5) is 28.7. The van der Waals surface area contributed by atoms with E-state index in [1.165, 1.54) is 17.3 Å². The summed E-state index contributed by atoms with van der Waals surface area (Å²) < 4.78 is 0. The number of hydrogen-bond donors (Lipinski definition) is 1. The number of pyridine rings is 1. The molecule has 2 heterocycles. The van der Waals surface area contributed by atoms with E-state index >= 15 is 0 Å². The summed E-state index contributed by atoms with van der Waals surface area (Å²) in [5, 5.41) is 0.285. The number of carbonyl (C=O) groups excluding carboxylic acids is 2. The van der Waals surface area contributed by atoms with Gasteiger partial charge in [0, 0.05) is 18.9 Å². The number of amides is 2. The molecule has 1 aliphatic heterocycles. The summed E-state index contributed by atoms with van der Waals surface area (Å²) in [6.45, 7) is 0.533. The van der Waals surface area contributed by atoms with Crippen molar-refractivity contribution in [3.8, 4) is 0 Å². The van der Waals surface area contributed by atoms with E-state index in [0.29, 0.717) is 18.5 Å². The molecule has 0 aromatic carbocycles. The van der Waals surface area contributed by atoms with E-state index in [2.05, 4.69) is 4.98 Å². The average Bonchev–Trinajstić information content (AvgIpc) is 2.77. The van der Waals surface area contributed by atoms with Crippen LogP contribution < -0.4 is 5.73 Å². The van der Waals surface area contributed by atoms with Crippen LogP contribution >= 0.6 is 11.6 Å². The highest BCUT2D eigenvalue weighted by molar-refractivity contribution is 6.33. The van der Waals surface area contributed by atoms with Crippen LogP contribution in [0.3, 0.4) is 0 Å². The van der Waals surface area contributed by atoms with E-state index in [1.54, 1.807) is 6.07 Å². The van der Waals surface area contributed by atoms with Gasteiger partial charge in [-0.2, -0.15) is 0 Å². The van der Waals surface area contributed by atoms with Crippen molar-refractivity contribution in [3.05, 3.63) is 29.0 Å². The summed E-state index contributed by atoms with van der Waals surface area (Å²) in [7, 11) is 0. The summed E-state index contributed by atoms with van der Waals surface area (Å²) in [5.41, 5.74) is 5.62. The molecule has 1 fully saturated rings. The van der Waals surface area contributed by atoms with Gasteiger partial charge in [0.2, 0.25) is 5.91 Å². The van der Waals surface area contributed by atoms with Gasteiger partial charge in [0.15, 0.2) is 0 Å². The fourth-order valence-corrected chi connectivity index (χ4v) is 2.21. The van der Waals surface area contributed by atoms with Gasteiger partial charge in [0.1, 0.15) is 6.04 Å². The minimum absolute atomic E-state index is 0.265. The SMILES string of the molecule is NC(=O)C1CCCN1C(=O)c1ccncc1Cl. The van der Waals surface area contributed by atoms with Crippen molar-refractivity contribution < 1.29 is 9.59 Å². The number of hydrogen-bond acceptors (Lipinski definition) is 3. The molecule has 1 aliphatic rings. The third kappa shape index (κ3) is 2.24. The molecule has 2 amide bonds. The molecule has 90 valence electrons. The van der Waals surface area contributed by atoms with Crippen molar-refractivity contribution in [1.29, 1.82) is 0 Å². The Labute approximate surface area is 104 Å². The highest BCUT2D eigenvalue weighted by Crippen LogP contribution is 2.22. The predicted molar refractivity (Wildman–Crippen MR) is 62.5 cm³/mol. The molecule has 0 aliphatic carbocycles. The van der Waals surface area contributed by atoms with Gasteiger partial charge >= 0.3 is 0 Å². The highest BCUT2D eigenvalue weighted by Gasteiger charge is 2.33. The maximum atomic E-state index is 12.2. The van der Waals surface area contributed by atoms with Crippen molar-refractivity contribution >= 4 is 23.4 Å². The quantitative estimate of drug-likeness (QED) is 0.848. The van der Waals surface area contributed by atoms with Crippen molar-refractivity contribution in [2.24, 2.45) is 5.73 Å². The van der Waals surface area contributed by atoms with Gasteiger partial charge in [-0.1, -0.05) is 11.6 Å². The first-order chi connectivity index (χ1) is 8.11. The smallest absolute Gasteiger partial charge is 0.256 e. The Hall–Kier alpha value is -1.62. The van der Waals surface area contributed by atoms with Crippen molar-refractivity contribution in [3.63, 3.8) is 0 Å². The number of nitrogens with zero attached hydrogens (tertiary/aromatic N) is 2. The fraction of sp³-hybridized carbons (Fsp3) is 0.364. The Morgan fingerprint density at radius 3 is 2.94 bits per heavy atom. The molecular weight excluding hydrogens is 242 g/mol. The molecule has 0 bridgehead atoms. The molecule has 5 nitrogen and oxygen atoms in total. The summed E-state index contributed by atoms with van der Waals surface area (Å²) in [5.74, 6) is -0.736. The van der Waals surface area contributed by atoms with Crippen LogP contribution in [0.15, 0.2) is 18.5 Å². The van der Waals surface area contributed by atoms with Crippen molar-refractivity contribution in [2.75, 3.05) is 6.54 Å². The predicted octanol–water partition coefficient (Wildman–Crippen LogP) is 0.825. The van der Waals surface area contributed by atoms with E-state index in [0.717, 1.165) is 6.42 Å². The van der Waals surface area contributed by atoms with Crippen LogP contribution in [0.2, 0.25) is 5.02 Å². The van der Waals surface area contributed by atoms with E-state index in [1.807, 2.05) is 0 Å². The van der Waals surface area contributed by atoms with Gasteiger partial charge in [-0.3, -0.25) is 14.6 Å². The van der Waals surface area contributed by atoms with Gasteiger partial charge in [-0.25, -0.2) is 0 Å². The molecule has 1 aromatic heterocycles. The minimum atomic E-state index is -0.522. The first-order valence-corrected chi connectivity index (χ1v) is 5.69. The van der Waals surface area contributed by atoms with Crippen molar-refractivity contribution in [2.45, 2.75) is 18.9 Å². The molecule has 2 N–H and O–H groups in total. The summed E-state index contributed by atoms with van der Waals surface area (Å²) >= 11 is 5.90. The molecule has 17 heavy (non-hydrogen) atoms. The Balaban J connectivity index is 2.26. The van der Waals surface area contributed by atoms with Gasteiger partial charge in [-0.05, 0) is 18.9 Å². The van der Waals surface area contributed by atoms with Gasteiger partial charge in [-0.15, -0.1) is 0 Å². The lowest BCUT2D eigenvalue weighted by molar-refractivity contribution is -0.121. The summed E-state index contributed by atoms with van der Waals surface area (Å²) in [6.07, 6.45) is 4.30. The first-order valence-electron chi connectivity index (χ1n) is 5.31. The van der Waals surface area contributed by atoms with E-state index in [9.17, 15) is 9.59 Å². The zero-order valence-corrected chi connectivity index (χ0v) is 9.85. The number of carbonyl (C=O) groups is 2. The van der Waals surface area contributed by atoms with Gasteiger partial charge in [0.05, 0.1) is 10.6 Å². The maximum Gasteiger partial charge on any atom is 0.256 e. The Kier molecular flexibility index (Phi) is 3.28. The second-order valence-corrected chi connectivity index (χ2v) is 4.32. The molecule has 0 spiro atoms. The number of halogens is 1. The van der Waals surface area contributed by atoms with E-state index in [-0.39, 0.29) is 10.9 Å². The van der Waals surface area contributed by atoms with Crippen LogP contribution in [0.5, 0.6) is 0 Å². The molecule has 0 radical (unpaired) electrons. The lowest BCUT2D eigenvalue weighted by Crippen LogP contribution is -2.43. The Morgan fingerprint density at radius 1 is 1.53 bits per heavy atom. The number of primary amides is 1. The van der Waals surface area contributed by atoms with Crippen LogP contribution in [0.25, 0.3) is 0 Å². The number of aromatic nitrogens is 1. The third-order valence-electron chi connectivity index (χ3n) is 2.84. The molecule has 1 aromatic rings. The molecule has 1 atom stereocenters. The molecular formula is C11H12ClN3O2. The minimum Gasteiger partial charge on any atom is -0.368 e. The van der Waals surface area contributed by atoms with Crippen LogP contribution in [0.1, 0.15) is 23.2 Å². The zero-order chi connectivity index (χ0) is 12.4. The molecule has 0 saturated carbocycles. The molecule has 2 rings (SSSR count). The number of likely N-dealkylation sites (tertiary alicyclic amines) is 1. The first kappa shape index (κ1) is 11.9. The largest absolute Gasteiger partial charge is 0.368 e. The lowest BCUT2D eigenvalue weighted by atomic mass is 10.2. The number of rotatable bonds is 2. The van der Waals surface area contributed by atoms with Crippen molar-refractivity contribution in [1.82, 2.24) is 9.88 Å². The third-order valence-corrected chi connectivity index (χ3v) is 3.15. The topological polar surface area (TPSA) is 76.3 Å². The summed E-state index contributed by atoms with van der Waals surface area (Å²) in [6, 6.07) is 1.02. The molecule has 6 heteroatoms. The lowest BCUT2D eigenvalue weighted by Gasteiger charge is -2.22. The number of nitrogens with two attached hydrogens (primary N) is 1. The van der Waals surface area contributed by atoms with E-state index in [4.69, 9.17) is 17.3 Å². The second kappa shape index (κ2) is 4.71. The second-order valence-electron chi connectivity index (χ2n) is 3.91. The highest BCUT2D eigenvalue weighted by atomic mass is 35.5. The molecule has 1 unspecified atom stereocenters. The fourth-order valence-electron chi connectivity index (χ4n) is 2.01. The normalized spacial score (nSPS) is 19.4.